The number of hydrogen-bond acceptors (Lipinski definition) is 3. The molecule has 15 heavy (non-hydrogen) atoms. The second kappa shape index (κ2) is 5.98. The van der Waals surface area contributed by atoms with Gasteiger partial charge >= 0.3 is 0 Å². The van der Waals surface area contributed by atoms with E-state index in [2.05, 4.69) is 4.98 Å². The van der Waals surface area contributed by atoms with Crippen LogP contribution in [0.5, 0.6) is 0 Å². The molecule has 3 nitrogen and oxygen atoms in total. The molecule has 0 radical (unpaired) electrons. The van der Waals surface area contributed by atoms with E-state index in [1.807, 2.05) is 32.0 Å². The van der Waals surface area contributed by atoms with Crippen LogP contribution in [0.2, 0.25) is 0 Å². The molecule has 1 aromatic rings. The van der Waals surface area contributed by atoms with Gasteiger partial charge in [-0.05, 0) is 32.0 Å². The summed E-state index contributed by atoms with van der Waals surface area (Å²) in [6.45, 7) is 4.50. The van der Waals surface area contributed by atoms with Crippen molar-refractivity contribution in [2.24, 2.45) is 5.73 Å². The lowest BCUT2D eigenvalue weighted by atomic mass is 10.3. The molecular weight excluding hydrogens is 208 g/mol. The quantitative estimate of drug-likeness (QED) is 0.825. The molecule has 0 amide bonds. The third kappa shape index (κ3) is 4.10. The Morgan fingerprint density at radius 2 is 2.27 bits per heavy atom. The molecule has 2 atom stereocenters. The normalized spacial score (nSPS) is 14.9. The molecule has 0 aliphatic carbocycles. The van der Waals surface area contributed by atoms with Crippen molar-refractivity contribution in [3.63, 3.8) is 0 Å². The lowest BCUT2D eigenvalue weighted by Gasteiger charge is -2.09. The van der Waals surface area contributed by atoms with Crippen molar-refractivity contribution < 1.29 is 4.21 Å². The second-order valence-corrected chi connectivity index (χ2v) is 5.54. The first-order valence-electron chi connectivity index (χ1n) is 5.13. The molecule has 2 N–H and O–H groups in total. The minimum absolute atomic E-state index is 0.150. The summed E-state index contributed by atoms with van der Waals surface area (Å²) in [5.41, 5.74) is 7.30. The Morgan fingerprint density at radius 1 is 1.53 bits per heavy atom. The molecule has 84 valence electrons. The van der Waals surface area contributed by atoms with Crippen LogP contribution in [0.15, 0.2) is 18.2 Å². The Labute approximate surface area is 93.6 Å². The lowest BCUT2D eigenvalue weighted by Crippen LogP contribution is -2.17. The number of nitrogens with two attached hydrogens (primary N) is 1. The van der Waals surface area contributed by atoms with Gasteiger partial charge in [-0.2, -0.15) is 0 Å². The van der Waals surface area contributed by atoms with Crippen molar-refractivity contribution in [3.8, 4) is 0 Å². The molecule has 0 fully saturated rings. The molecule has 0 saturated heterocycles. The molecule has 0 aliphatic rings. The highest BCUT2D eigenvalue weighted by Crippen LogP contribution is 2.08. The van der Waals surface area contributed by atoms with Crippen LogP contribution in [0.25, 0.3) is 0 Å². The van der Waals surface area contributed by atoms with Crippen LogP contribution < -0.4 is 5.73 Å². The summed E-state index contributed by atoms with van der Waals surface area (Å²) in [7, 11) is -0.866. The number of hydrogen-bond donors (Lipinski definition) is 1. The van der Waals surface area contributed by atoms with Gasteiger partial charge in [-0.15, -0.1) is 0 Å². The molecule has 4 heteroatoms. The predicted molar refractivity (Wildman–Crippen MR) is 64.0 cm³/mol. The van der Waals surface area contributed by atoms with Crippen LogP contribution in [0.4, 0.5) is 0 Å². The lowest BCUT2D eigenvalue weighted by molar-refractivity contribution is 0.665. The fourth-order valence-corrected chi connectivity index (χ4v) is 2.47. The fraction of sp³-hybridized carbons (Fsp3) is 0.545. The Hall–Kier alpha value is -0.740. The van der Waals surface area contributed by atoms with Crippen molar-refractivity contribution in [3.05, 3.63) is 29.6 Å². The summed E-state index contributed by atoms with van der Waals surface area (Å²) in [6.07, 6.45) is 0.804. The average Bonchev–Trinajstić information content (AvgIpc) is 2.18. The van der Waals surface area contributed by atoms with E-state index in [4.69, 9.17) is 5.73 Å². The highest BCUT2D eigenvalue weighted by Gasteiger charge is 2.11. The van der Waals surface area contributed by atoms with Crippen LogP contribution in [-0.4, -0.2) is 21.0 Å². The van der Waals surface area contributed by atoms with Crippen molar-refractivity contribution in [1.82, 2.24) is 4.98 Å². The van der Waals surface area contributed by atoms with Gasteiger partial charge in [-0.1, -0.05) is 13.0 Å². The smallest absolute Gasteiger partial charge is 0.0661 e. The van der Waals surface area contributed by atoms with E-state index >= 15 is 0 Å². The van der Waals surface area contributed by atoms with Crippen LogP contribution in [0, 0.1) is 6.92 Å². The zero-order valence-corrected chi connectivity index (χ0v) is 10.1. The SMILES string of the molecule is Cc1cccc(CS(=O)C(C)CCN)n1. The first-order valence-corrected chi connectivity index (χ1v) is 6.51. The van der Waals surface area contributed by atoms with Gasteiger partial charge in [-0.3, -0.25) is 9.19 Å². The maximum absolute atomic E-state index is 11.8. The summed E-state index contributed by atoms with van der Waals surface area (Å²) < 4.78 is 11.8. The van der Waals surface area contributed by atoms with Gasteiger partial charge in [0.25, 0.3) is 0 Å². The molecule has 0 aromatic carbocycles. The van der Waals surface area contributed by atoms with Crippen LogP contribution in [-0.2, 0) is 16.6 Å². The van der Waals surface area contributed by atoms with E-state index in [1.54, 1.807) is 0 Å². The van der Waals surface area contributed by atoms with E-state index in [0.717, 1.165) is 17.8 Å². The third-order valence-corrected chi connectivity index (χ3v) is 3.97. The Morgan fingerprint density at radius 3 is 2.87 bits per heavy atom. The van der Waals surface area contributed by atoms with Gasteiger partial charge in [0.2, 0.25) is 0 Å². The Bertz CT molecular complexity index is 341. The Balaban J connectivity index is 2.58. The van der Waals surface area contributed by atoms with E-state index in [-0.39, 0.29) is 5.25 Å². The van der Waals surface area contributed by atoms with E-state index in [0.29, 0.717) is 12.3 Å². The zero-order chi connectivity index (χ0) is 11.3. The summed E-state index contributed by atoms with van der Waals surface area (Å²) >= 11 is 0. The number of pyridine rings is 1. The molecule has 1 aromatic heterocycles. The van der Waals surface area contributed by atoms with Crippen molar-refractivity contribution in [2.45, 2.75) is 31.3 Å². The zero-order valence-electron chi connectivity index (χ0n) is 9.27. The number of aromatic nitrogens is 1. The van der Waals surface area contributed by atoms with Gasteiger partial charge in [0, 0.05) is 21.7 Å². The minimum Gasteiger partial charge on any atom is -0.330 e. The number of nitrogens with zero attached hydrogens (tertiary/aromatic N) is 1. The molecule has 1 heterocycles. The topological polar surface area (TPSA) is 56.0 Å². The monoisotopic (exact) mass is 226 g/mol. The van der Waals surface area contributed by atoms with Gasteiger partial charge in [0.05, 0.1) is 11.4 Å². The molecule has 2 unspecified atom stereocenters. The molecule has 0 spiro atoms. The van der Waals surface area contributed by atoms with Crippen molar-refractivity contribution >= 4 is 10.8 Å². The van der Waals surface area contributed by atoms with Crippen LogP contribution >= 0.6 is 0 Å². The summed E-state index contributed by atoms with van der Waals surface area (Å²) in [6, 6.07) is 5.80. The number of rotatable bonds is 5. The summed E-state index contributed by atoms with van der Waals surface area (Å²) in [5, 5.41) is 0.150. The van der Waals surface area contributed by atoms with Crippen LogP contribution in [0.3, 0.4) is 0 Å². The molecule has 1 rings (SSSR count). The molecule has 0 bridgehead atoms. The summed E-state index contributed by atoms with van der Waals surface area (Å²) in [5.74, 6) is 0.531. The van der Waals surface area contributed by atoms with Crippen molar-refractivity contribution in [2.75, 3.05) is 6.54 Å². The molecular formula is C11H18N2OS. The first kappa shape index (κ1) is 12.3. The minimum atomic E-state index is -0.866. The molecule has 0 aliphatic heterocycles. The molecule has 0 saturated carbocycles. The maximum atomic E-state index is 11.8. The Kier molecular flexibility index (Phi) is 4.91. The van der Waals surface area contributed by atoms with Gasteiger partial charge in [0.1, 0.15) is 0 Å². The highest BCUT2D eigenvalue weighted by atomic mass is 32.2. The van der Waals surface area contributed by atoms with Crippen LogP contribution in [0.1, 0.15) is 24.7 Å². The van der Waals surface area contributed by atoms with Gasteiger partial charge in [0.15, 0.2) is 0 Å². The third-order valence-electron chi connectivity index (χ3n) is 2.26. The predicted octanol–water partition coefficient (Wildman–Crippen LogP) is 1.38. The first-order chi connectivity index (χ1) is 7.13. The largest absolute Gasteiger partial charge is 0.330 e. The average molecular weight is 226 g/mol. The van der Waals surface area contributed by atoms with Crippen molar-refractivity contribution in [1.29, 1.82) is 0 Å². The second-order valence-electron chi connectivity index (χ2n) is 3.68. The van der Waals surface area contributed by atoms with E-state index in [1.165, 1.54) is 0 Å². The maximum Gasteiger partial charge on any atom is 0.0661 e. The van der Waals surface area contributed by atoms with Gasteiger partial charge < -0.3 is 5.73 Å². The fourth-order valence-electron chi connectivity index (χ4n) is 1.33. The van der Waals surface area contributed by atoms with E-state index < -0.39 is 10.8 Å². The van der Waals surface area contributed by atoms with E-state index in [9.17, 15) is 4.21 Å². The number of aryl methyl sites for hydroxylation is 1. The van der Waals surface area contributed by atoms with Gasteiger partial charge in [-0.25, -0.2) is 0 Å². The highest BCUT2D eigenvalue weighted by molar-refractivity contribution is 7.84. The summed E-state index contributed by atoms with van der Waals surface area (Å²) in [4.78, 5) is 4.33. The standard InChI is InChI=1S/C11H18N2OS/c1-9-4-3-5-11(13-9)8-15(14)10(2)6-7-12/h3-5,10H,6-8,12H2,1-2H3.